The minimum absolute atomic E-state index is 0.342. The van der Waals surface area contributed by atoms with Gasteiger partial charge in [-0.25, -0.2) is 4.79 Å². The lowest BCUT2D eigenvalue weighted by molar-refractivity contribution is 0.0384. The monoisotopic (exact) mass is 287 g/mol. The van der Waals surface area contributed by atoms with Gasteiger partial charge in [0, 0.05) is 32.7 Å². The zero-order valence-corrected chi connectivity index (χ0v) is 13.0. The average molecular weight is 287 g/mol. The number of rotatable bonds is 7. The summed E-state index contributed by atoms with van der Waals surface area (Å²) in [5.41, 5.74) is -0.430. The van der Waals surface area contributed by atoms with E-state index in [4.69, 9.17) is 9.47 Å². The van der Waals surface area contributed by atoms with E-state index in [1.807, 2.05) is 20.8 Å². The largest absolute Gasteiger partial charge is 0.444 e. The second-order valence-electron chi connectivity index (χ2n) is 5.99. The van der Waals surface area contributed by atoms with Crippen molar-refractivity contribution in [3.8, 4) is 0 Å². The van der Waals surface area contributed by atoms with Gasteiger partial charge < -0.3 is 20.1 Å². The Morgan fingerprint density at radius 1 is 1.20 bits per heavy atom. The van der Waals surface area contributed by atoms with Gasteiger partial charge in [0.2, 0.25) is 0 Å². The molecule has 0 atom stereocenters. The first-order chi connectivity index (χ1) is 9.47. The molecule has 0 spiro atoms. The van der Waals surface area contributed by atoms with Crippen LogP contribution in [-0.4, -0.2) is 69.1 Å². The molecule has 20 heavy (non-hydrogen) atoms. The number of nitrogens with one attached hydrogen (secondary N) is 2. The third kappa shape index (κ3) is 9.12. The number of nitrogens with zero attached hydrogens (tertiary/aromatic N) is 1. The fraction of sp³-hybridized carbons (Fsp3) is 0.929. The highest BCUT2D eigenvalue weighted by atomic mass is 16.6. The molecule has 1 fully saturated rings. The molecule has 1 amide bonds. The van der Waals surface area contributed by atoms with E-state index in [1.54, 1.807) is 0 Å². The first-order valence-electron chi connectivity index (χ1n) is 7.45. The van der Waals surface area contributed by atoms with E-state index in [1.165, 1.54) is 0 Å². The van der Waals surface area contributed by atoms with Crippen molar-refractivity contribution in [1.82, 2.24) is 15.5 Å². The van der Waals surface area contributed by atoms with Gasteiger partial charge in [-0.3, -0.25) is 4.90 Å². The Morgan fingerprint density at radius 2 is 1.90 bits per heavy atom. The summed E-state index contributed by atoms with van der Waals surface area (Å²) in [6, 6.07) is 0. The number of carbonyl (C=O) groups is 1. The first-order valence-corrected chi connectivity index (χ1v) is 7.45. The summed E-state index contributed by atoms with van der Waals surface area (Å²) in [7, 11) is 0. The summed E-state index contributed by atoms with van der Waals surface area (Å²) >= 11 is 0. The smallest absolute Gasteiger partial charge is 0.407 e. The lowest BCUT2D eigenvalue weighted by Crippen LogP contribution is -2.40. The van der Waals surface area contributed by atoms with Gasteiger partial charge in [-0.05, 0) is 33.7 Å². The van der Waals surface area contributed by atoms with E-state index >= 15 is 0 Å². The molecule has 1 rings (SSSR count). The van der Waals surface area contributed by atoms with Crippen LogP contribution in [0.25, 0.3) is 0 Å². The topological polar surface area (TPSA) is 62.8 Å². The SMILES string of the molecule is CC(C)(C)OC(=O)NCCCNCCN1CCOCC1. The average Bonchev–Trinajstić information content (AvgIpc) is 2.37. The van der Waals surface area contributed by atoms with E-state index in [0.717, 1.165) is 52.4 Å². The zero-order chi connectivity index (χ0) is 14.8. The molecule has 118 valence electrons. The maximum atomic E-state index is 11.4. The molecular weight excluding hydrogens is 258 g/mol. The van der Waals surface area contributed by atoms with Crippen LogP contribution in [0.2, 0.25) is 0 Å². The summed E-state index contributed by atoms with van der Waals surface area (Å²) in [6.45, 7) is 12.9. The molecule has 1 aliphatic rings. The van der Waals surface area contributed by atoms with Crippen molar-refractivity contribution >= 4 is 6.09 Å². The Balaban J connectivity index is 1.88. The van der Waals surface area contributed by atoms with Crippen molar-refractivity contribution in [3.05, 3.63) is 0 Å². The van der Waals surface area contributed by atoms with Crippen LogP contribution in [0.1, 0.15) is 27.2 Å². The molecular formula is C14H29N3O3. The van der Waals surface area contributed by atoms with E-state index in [9.17, 15) is 4.79 Å². The Bertz CT molecular complexity index is 273. The third-order valence-corrected chi connectivity index (χ3v) is 2.91. The van der Waals surface area contributed by atoms with Crippen LogP contribution in [0.15, 0.2) is 0 Å². The number of hydrogen-bond donors (Lipinski definition) is 2. The van der Waals surface area contributed by atoms with Gasteiger partial charge in [-0.2, -0.15) is 0 Å². The fourth-order valence-corrected chi connectivity index (χ4v) is 1.90. The van der Waals surface area contributed by atoms with Crippen molar-refractivity contribution < 1.29 is 14.3 Å². The molecule has 0 aromatic carbocycles. The standard InChI is InChI=1S/C14H29N3O3/c1-14(2,3)20-13(18)16-6-4-5-15-7-8-17-9-11-19-12-10-17/h15H,4-12H2,1-3H3,(H,16,18). The lowest BCUT2D eigenvalue weighted by atomic mass is 10.2. The van der Waals surface area contributed by atoms with Crippen LogP contribution >= 0.6 is 0 Å². The Kier molecular flexibility index (Phi) is 7.87. The van der Waals surface area contributed by atoms with Crippen molar-refractivity contribution in [2.24, 2.45) is 0 Å². The highest BCUT2D eigenvalue weighted by Gasteiger charge is 2.15. The highest BCUT2D eigenvalue weighted by molar-refractivity contribution is 5.67. The molecule has 0 radical (unpaired) electrons. The number of carbonyl (C=O) groups excluding carboxylic acids is 1. The number of alkyl carbamates (subject to hydrolysis) is 1. The van der Waals surface area contributed by atoms with Gasteiger partial charge in [0.1, 0.15) is 5.60 Å². The van der Waals surface area contributed by atoms with Gasteiger partial charge in [0.05, 0.1) is 13.2 Å². The van der Waals surface area contributed by atoms with E-state index in [-0.39, 0.29) is 6.09 Å². The first kappa shape index (κ1) is 17.2. The molecule has 0 unspecified atom stereocenters. The summed E-state index contributed by atoms with van der Waals surface area (Å²) in [6.07, 6.45) is 0.563. The molecule has 1 aliphatic heterocycles. The minimum atomic E-state index is -0.430. The van der Waals surface area contributed by atoms with Crippen LogP contribution in [-0.2, 0) is 9.47 Å². The Morgan fingerprint density at radius 3 is 2.55 bits per heavy atom. The second kappa shape index (κ2) is 9.15. The van der Waals surface area contributed by atoms with Crippen LogP contribution in [0.4, 0.5) is 4.79 Å². The fourth-order valence-electron chi connectivity index (χ4n) is 1.90. The molecule has 0 saturated carbocycles. The van der Waals surface area contributed by atoms with Crippen LogP contribution in [0.5, 0.6) is 0 Å². The Labute approximate surface area is 122 Å². The van der Waals surface area contributed by atoms with Crippen LogP contribution in [0, 0.1) is 0 Å². The maximum Gasteiger partial charge on any atom is 0.407 e. The van der Waals surface area contributed by atoms with Crippen molar-refractivity contribution in [1.29, 1.82) is 0 Å². The summed E-state index contributed by atoms with van der Waals surface area (Å²) in [5, 5.41) is 6.13. The van der Waals surface area contributed by atoms with Crippen molar-refractivity contribution in [3.63, 3.8) is 0 Å². The number of hydrogen-bond acceptors (Lipinski definition) is 5. The van der Waals surface area contributed by atoms with Gasteiger partial charge in [-0.15, -0.1) is 0 Å². The van der Waals surface area contributed by atoms with E-state index in [0.29, 0.717) is 6.54 Å². The predicted molar refractivity (Wildman–Crippen MR) is 79.0 cm³/mol. The lowest BCUT2D eigenvalue weighted by Gasteiger charge is -2.26. The van der Waals surface area contributed by atoms with Crippen molar-refractivity contribution in [2.75, 3.05) is 52.5 Å². The Hall–Kier alpha value is -0.850. The van der Waals surface area contributed by atoms with Crippen LogP contribution in [0.3, 0.4) is 0 Å². The quantitative estimate of drug-likeness (QED) is 0.679. The van der Waals surface area contributed by atoms with E-state index < -0.39 is 5.60 Å². The zero-order valence-electron chi connectivity index (χ0n) is 13.0. The summed E-state index contributed by atoms with van der Waals surface area (Å²) in [5.74, 6) is 0. The van der Waals surface area contributed by atoms with Gasteiger partial charge in [-0.1, -0.05) is 0 Å². The second-order valence-corrected chi connectivity index (χ2v) is 5.99. The van der Waals surface area contributed by atoms with Crippen LogP contribution < -0.4 is 10.6 Å². The predicted octanol–water partition coefficient (Wildman–Crippen LogP) is 0.823. The molecule has 6 nitrogen and oxygen atoms in total. The molecule has 2 N–H and O–H groups in total. The minimum Gasteiger partial charge on any atom is -0.444 e. The molecule has 6 heteroatoms. The summed E-state index contributed by atoms with van der Waals surface area (Å²) < 4.78 is 10.5. The van der Waals surface area contributed by atoms with Gasteiger partial charge >= 0.3 is 6.09 Å². The molecule has 1 heterocycles. The van der Waals surface area contributed by atoms with E-state index in [2.05, 4.69) is 15.5 Å². The molecule has 0 aromatic heterocycles. The van der Waals surface area contributed by atoms with Gasteiger partial charge in [0.15, 0.2) is 0 Å². The third-order valence-electron chi connectivity index (χ3n) is 2.91. The molecule has 0 aliphatic carbocycles. The normalized spacial score (nSPS) is 16.9. The number of morpholine rings is 1. The molecule has 1 saturated heterocycles. The molecule has 0 aromatic rings. The van der Waals surface area contributed by atoms with Gasteiger partial charge in [0.25, 0.3) is 0 Å². The highest BCUT2D eigenvalue weighted by Crippen LogP contribution is 2.06. The van der Waals surface area contributed by atoms with Crippen molar-refractivity contribution in [2.45, 2.75) is 32.8 Å². The number of amides is 1. The summed E-state index contributed by atoms with van der Waals surface area (Å²) in [4.78, 5) is 13.8. The number of ether oxygens (including phenoxy) is 2. The maximum absolute atomic E-state index is 11.4. The molecule has 0 bridgehead atoms.